The Morgan fingerprint density at radius 1 is 1.17 bits per heavy atom. The van der Waals surface area contributed by atoms with Crippen LogP contribution in [0.4, 0.5) is 5.69 Å². The van der Waals surface area contributed by atoms with Crippen LogP contribution in [0.2, 0.25) is 0 Å². The van der Waals surface area contributed by atoms with Crippen LogP contribution in [0.3, 0.4) is 0 Å². The van der Waals surface area contributed by atoms with Crippen molar-refractivity contribution >= 4 is 5.69 Å². The smallest absolute Gasteiger partial charge is 0.269 e. The largest absolute Gasteiger partial charge is 0.297 e. The summed E-state index contributed by atoms with van der Waals surface area (Å²) < 4.78 is 0. The first-order valence-corrected chi connectivity index (χ1v) is 6.58. The number of non-ortho nitro benzene ring substituents is 1. The van der Waals surface area contributed by atoms with Gasteiger partial charge >= 0.3 is 0 Å². The van der Waals surface area contributed by atoms with Crippen molar-refractivity contribution in [3.8, 4) is 0 Å². The van der Waals surface area contributed by atoms with E-state index in [9.17, 15) is 10.1 Å². The van der Waals surface area contributed by atoms with E-state index in [-0.39, 0.29) is 10.6 Å². The van der Waals surface area contributed by atoms with Gasteiger partial charge in [-0.05, 0) is 38.4 Å². The average molecular weight is 250 g/mol. The Kier molecular flexibility index (Phi) is 5.78. The van der Waals surface area contributed by atoms with Crippen molar-refractivity contribution in [3.05, 3.63) is 39.9 Å². The summed E-state index contributed by atoms with van der Waals surface area (Å²) in [7, 11) is 0. The second kappa shape index (κ2) is 7.11. The Labute approximate surface area is 109 Å². The fourth-order valence-corrected chi connectivity index (χ4v) is 2.16. The molecule has 4 heteroatoms. The van der Waals surface area contributed by atoms with E-state index in [0.29, 0.717) is 6.04 Å². The van der Waals surface area contributed by atoms with Gasteiger partial charge in [-0.15, -0.1) is 0 Å². The van der Waals surface area contributed by atoms with E-state index in [0.717, 1.165) is 31.5 Å². The molecule has 0 bridgehead atoms. The molecule has 18 heavy (non-hydrogen) atoms. The third-order valence-electron chi connectivity index (χ3n) is 3.16. The molecule has 0 radical (unpaired) electrons. The summed E-state index contributed by atoms with van der Waals surface area (Å²) >= 11 is 0. The minimum Gasteiger partial charge on any atom is -0.297 e. The fourth-order valence-electron chi connectivity index (χ4n) is 2.16. The van der Waals surface area contributed by atoms with Gasteiger partial charge in [-0.25, -0.2) is 0 Å². The summed E-state index contributed by atoms with van der Waals surface area (Å²) in [6.07, 6.45) is 2.24. The fraction of sp³-hybridized carbons (Fsp3) is 0.571. The Morgan fingerprint density at radius 3 is 2.06 bits per heavy atom. The highest BCUT2D eigenvalue weighted by molar-refractivity contribution is 5.34. The summed E-state index contributed by atoms with van der Waals surface area (Å²) in [6, 6.07) is 7.21. The molecule has 0 fully saturated rings. The normalized spacial score (nSPS) is 12.7. The van der Waals surface area contributed by atoms with Crippen molar-refractivity contribution in [1.29, 1.82) is 0 Å². The summed E-state index contributed by atoms with van der Waals surface area (Å²) in [5.41, 5.74) is 1.30. The first-order chi connectivity index (χ1) is 8.60. The third-order valence-corrected chi connectivity index (χ3v) is 3.16. The van der Waals surface area contributed by atoms with Gasteiger partial charge in [0, 0.05) is 18.2 Å². The van der Waals surface area contributed by atoms with Crippen LogP contribution in [-0.2, 0) is 0 Å². The maximum Gasteiger partial charge on any atom is 0.269 e. The van der Waals surface area contributed by atoms with Crippen molar-refractivity contribution in [3.63, 3.8) is 0 Å². The number of nitro benzene ring substituents is 1. The van der Waals surface area contributed by atoms with Gasteiger partial charge < -0.3 is 0 Å². The highest BCUT2D eigenvalue weighted by Crippen LogP contribution is 2.23. The van der Waals surface area contributed by atoms with Crippen molar-refractivity contribution in [1.82, 2.24) is 4.90 Å². The topological polar surface area (TPSA) is 46.4 Å². The average Bonchev–Trinajstić information content (AvgIpc) is 2.38. The monoisotopic (exact) mass is 250 g/mol. The molecule has 1 rings (SSSR count). The molecule has 0 amide bonds. The lowest BCUT2D eigenvalue weighted by Gasteiger charge is -2.28. The van der Waals surface area contributed by atoms with Crippen molar-refractivity contribution in [2.24, 2.45) is 0 Å². The maximum atomic E-state index is 10.6. The van der Waals surface area contributed by atoms with Crippen LogP contribution in [0.15, 0.2) is 24.3 Å². The molecule has 0 saturated carbocycles. The number of nitro groups is 1. The molecule has 0 spiro atoms. The zero-order valence-electron chi connectivity index (χ0n) is 11.4. The Hall–Kier alpha value is -1.42. The maximum absolute atomic E-state index is 10.6. The Balaban J connectivity index is 2.80. The van der Waals surface area contributed by atoms with E-state index in [1.54, 1.807) is 12.1 Å². The van der Waals surface area contributed by atoms with Crippen LogP contribution >= 0.6 is 0 Å². The van der Waals surface area contributed by atoms with Gasteiger partial charge in [0.25, 0.3) is 5.69 Å². The van der Waals surface area contributed by atoms with Gasteiger partial charge in [-0.2, -0.15) is 0 Å². The summed E-state index contributed by atoms with van der Waals surface area (Å²) in [5, 5.41) is 10.6. The first-order valence-electron chi connectivity index (χ1n) is 6.58. The van der Waals surface area contributed by atoms with Crippen LogP contribution in [-0.4, -0.2) is 22.9 Å². The molecule has 1 unspecified atom stereocenters. The van der Waals surface area contributed by atoms with Gasteiger partial charge in [0.1, 0.15) is 0 Å². The van der Waals surface area contributed by atoms with Crippen molar-refractivity contribution < 1.29 is 4.92 Å². The molecular formula is C14H22N2O2. The number of hydrogen-bond acceptors (Lipinski definition) is 3. The van der Waals surface area contributed by atoms with E-state index < -0.39 is 0 Å². The number of benzene rings is 1. The lowest BCUT2D eigenvalue weighted by Crippen LogP contribution is -2.28. The summed E-state index contributed by atoms with van der Waals surface area (Å²) in [5.74, 6) is 0. The van der Waals surface area contributed by atoms with Crippen molar-refractivity contribution in [2.45, 2.75) is 39.7 Å². The molecule has 0 heterocycles. The van der Waals surface area contributed by atoms with Crippen LogP contribution in [0, 0.1) is 10.1 Å². The lowest BCUT2D eigenvalue weighted by molar-refractivity contribution is -0.384. The molecule has 0 aliphatic rings. The molecule has 1 aromatic carbocycles. The molecule has 0 aromatic heterocycles. The summed E-state index contributed by atoms with van der Waals surface area (Å²) in [4.78, 5) is 12.7. The SMILES string of the molecule is CCCN(CCC)C(C)c1ccc([N+](=O)[O-])cc1. The van der Waals surface area contributed by atoms with Crippen LogP contribution in [0.5, 0.6) is 0 Å². The number of rotatable bonds is 7. The molecule has 0 aliphatic carbocycles. The molecular weight excluding hydrogens is 228 g/mol. The zero-order chi connectivity index (χ0) is 13.5. The minimum atomic E-state index is -0.357. The van der Waals surface area contributed by atoms with Gasteiger partial charge in [-0.3, -0.25) is 15.0 Å². The van der Waals surface area contributed by atoms with E-state index >= 15 is 0 Å². The predicted molar refractivity (Wildman–Crippen MR) is 73.7 cm³/mol. The molecule has 0 aliphatic heterocycles. The second-order valence-electron chi connectivity index (χ2n) is 4.56. The molecule has 0 N–H and O–H groups in total. The number of nitrogens with zero attached hydrogens (tertiary/aromatic N) is 2. The lowest BCUT2D eigenvalue weighted by atomic mass is 10.1. The Bertz CT molecular complexity index is 370. The highest BCUT2D eigenvalue weighted by Gasteiger charge is 2.15. The van der Waals surface area contributed by atoms with Gasteiger partial charge in [-0.1, -0.05) is 26.0 Å². The standard InChI is InChI=1S/C14H22N2O2/c1-4-10-15(11-5-2)12(3)13-6-8-14(9-7-13)16(17)18/h6-9,12H,4-5,10-11H2,1-3H3. The van der Waals surface area contributed by atoms with E-state index in [1.807, 2.05) is 12.1 Å². The van der Waals surface area contributed by atoms with Crippen LogP contribution in [0.1, 0.15) is 45.2 Å². The Morgan fingerprint density at radius 2 is 1.67 bits per heavy atom. The molecule has 1 aromatic rings. The second-order valence-corrected chi connectivity index (χ2v) is 4.56. The minimum absolute atomic E-state index is 0.156. The van der Waals surface area contributed by atoms with Crippen LogP contribution in [0.25, 0.3) is 0 Å². The van der Waals surface area contributed by atoms with Crippen molar-refractivity contribution in [2.75, 3.05) is 13.1 Å². The highest BCUT2D eigenvalue weighted by atomic mass is 16.6. The van der Waals surface area contributed by atoms with Gasteiger partial charge in [0.2, 0.25) is 0 Å². The molecule has 0 saturated heterocycles. The quantitative estimate of drug-likeness (QED) is 0.546. The van der Waals surface area contributed by atoms with Crippen LogP contribution < -0.4 is 0 Å². The zero-order valence-corrected chi connectivity index (χ0v) is 11.4. The summed E-state index contributed by atoms with van der Waals surface area (Å²) in [6.45, 7) is 8.63. The predicted octanol–water partition coefficient (Wildman–Crippen LogP) is 3.78. The van der Waals surface area contributed by atoms with E-state index in [2.05, 4.69) is 25.7 Å². The van der Waals surface area contributed by atoms with Gasteiger partial charge in [0.05, 0.1) is 4.92 Å². The molecule has 100 valence electrons. The molecule has 4 nitrogen and oxygen atoms in total. The third kappa shape index (κ3) is 3.81. The number of hydrogen-bond donors (Lipinski definition) is 0. The van der Waals surface area contributed by atoms with E-state index in [1.165, 1.54) is 0 Å². The van der Waals surface area contributed by atoms with Gasteiger partial charge in [0.15, 0.2) is 0 Å². The molecule has 1 atom stereocenters. The van der Waals surface area contributed by atoms with E-state index in [4.69, 9.17) is 0 Å². The first kappa shape index (κ1) is 14.6.